The number of nitriles is 1. The molecule has 0 unspecified atom stereocenters. The lowest BCUT2D eigenvalue weighted by molar-refractivity contribution is -0.112. The molecule has 31 heavy (non-hydrogen) atoms. The van der Waals surface area contributed by atoms with Gasteiger partial charge in [-0.05, 0) is 54.0 Å². The summed E-state index contributed by atoms with van der Waals surface area (Å²) in [5.74, 6) is 0.107. The number of carbonyl (C=O) groups is 1. The molecule has 0 fully saturated rings. The quantitative estimate of drug-likeness (QED) is 0.311. The fraction of sp³-hybridized carbons (Fsp3) is 0.120. The van der Waals surface area contributed by atoms with Gasteiger partial charge in [0.25, 0.3) is 5.91 Å². The summed E-state index contributed by atoms with van der Waals surface area (Å²) in [5, 5.41) is 12.8. The predicted molar refractivity (Wildman–Crippen MR) is 128 cm³/mol. The Kier molecular flexibility index (Phi) is 7.51. The van der Waals surface area contributed by atoms with Crippen molar-refractivity contribution in [1.29, 1.82) is 5.26 Å². The van der Waals surface area contributed by atoms with Crippen LogP contribution in [0.4, 0.5) is 5.69 Å². The van der Waals surface area contributed by atoms with E-state index < -0.39 is 5.91 Å². The van der Waals surface area contributed by atoms with Gasteiger partial charge < -0.3 is 10.1 Å². The molecule has 0 spiro atoms. The summed E-state index contributed by atoms with van der Waals surface area (Å²) >= 11 is 10.1. The Morgan fingerprint density at radius 2 is 1.90 bits per heavy atom. The molecular weight excluding hydrogens is 476 g/mol. The summed E-state index contributed by atoms with van der Waals surface area (Å²) in [6, 6.07) is 20.8. The van der Waals surface area contributed by atoms with E-state index in [9.17, 15) is 10.1 Å². The van der Waals surface area contributed by atoms with Crippen molar-refractivity contribution in [1.82, 2.24) is 0 Å². The topological polar surface area (TPSA) is 62.1 Å². The average Bonchev–Trinajstić information content (AvgIpc) is 2.76. The molecule has 0 saturated heterocycles. The number of nitrogens with one attached hydrogen (secondary N) is 1. The minimum Gasteiger partial charge on any atom is -0.496 e. The summed E-state index contributed by atoms with van der Waals surface area (Å²) in [7, 11) is 1.57. The lowest BCUT2D eigenvalue weighted by Crippen LogP contribution is -2.14. The molecule has 0 aliphatic rings. The summed E-state index contributed by atoms with van der Waals surface area (Å²) in [6.45, 7) is 1.89. The second kappa shape index (κ2) is 10.3. The maximum Gasteiger partial charge on any atom is 0.266 e. The zero-order valence-corrected chi connectivity index (χ0v) is 19.4. The number of hydrogen-bond acceptors (Lipinski definition) is 3. The van der Waals surface area contributed by atoms with Crippen molar-refractivity contribution in [2.75, 3.05) is 12.4 Å². The van der Waals surface area contributed by atoms with Crippen LogP contribution in [0.2, 0.25) is 5.02 Å². The van der Waals surface area contributed by atoms with Gasteiger partial charge in [0, 0.05) is 27.2 Å². The number of amides is 1. The van der Waals surface area contributed by atoms with Crippen LogP contribution in [0.25, 0.3) is 6.08 Å². The van der Waals surface area contributed by atoms with E-state index in [2.05, 4.69) is 21.2 Å². The summed E-state index contributed by atoms with van der Waals surface area (Å²) in [5.41, 5.74) is 4.05. The van der Waals surface area contributed by atoms with Gasteiger partial charge in [0.05, 0.1) is 7.11 Å². The van der Waals surface area contributed by atoms with Crippen LogP contribution >= 0.6 is 27.5 Å². The number of carbonyl (C=O) groups excluding carboxylic acids is 1. The molecular formula is C25H20BrClN2O2. The van der Waals surface area contributed by atoms with Crippen molar-refractivity contribution in [3.8, 4) is 11.8 Å². The second-order valence-electron chi connectivity index (χ2n) is 6.89. The number of methoxy groups -OCH3 is 1. The molecule has 0 aliphatic heterocycles. The monoisotopic (exact) mass is 494 g/mol. The zero-order chi connectivity index (χ0) is 22.4. The third kappa shape index (κ3) is 5.55. The number of hydrogen-bond donors (Lipinski definition) is 1. The lowest BCUT2D eigenvalue weighted by atomic mass is 10.0. The molecule has 1 amide bonds. The minimum absolute atomic E-state index is 0.0278. The van der Waals surface area contributed by atoms with Gasteiger partial charge in [-0.1, -0.05) is 63.9 Å². The van der Waals surface area contributed by atoms with Crippen molar-refractivity contribution in [3.05, 3.63) is 98.0 Å². The van der Waals surface area contributed by atoms with E-state index in [0.29, 0.717) is 28.4 Å². The Hall–Kier alpha value is -3.07. The second-order valence-corrected chi connectivity index (χ2v) is 8.15. The van der Waals surface area contributed by atoms with Gasteiger partial charge in [0.15, 0.2) is 0 Å². The highest BCUT2D eigenvalue weighted by molar-refractivity contribution is 9.10. The third-order valence-corrected chi connectivity index (χ3v) is 5.90. The average molecular weight is 496 g/mol. The number of benzene rings is 3. The molecule has 0 saturated carbocycles. The molecule has 3 aromatic carbocycles. The van der Waals surface area contributed by atoms with E-state index in [1.807, 2.05) is 55.5 Å². The summed E-state index contributed by atoms with van der Waals surface area (Å²) in [6.07, 6.45) is 2.08. The maximum atomic E-state index is 12.6. The first kappa shape index (κ1) is 22.6. The van der Waals surface area contributed by atoms with Gasteiger partial charge in [-0.2, -0.15) is 5.26 Å². The van der Waals surface area contributed by atoms with Crippen LogP contribution in [0.1, 0.15) is 22.3 Å². The minimum atomic E-state index is -0.482. The van der Waals surface area contributed by atoms with Crippen LogP contribution in [-0.4, -0.2) is 13.0 Å². The van der Waals surface area contributed by atoms with Crippen LogP contribution in [-0.2, 0) is 11.2 Å². The van der Waals surface area contributed by atoms with Crippen LogP contribution < -0.4 is 10.1 Å². The van der Waals surface area contributed by atoms with Gasteiger partial charge in [-0.15, -0.1) is 0 Å². The highest BCUT2D eigenvalue weighted by Crippen LogP contribution is 2.33. The largest absolute Gasteiger partial charge is 0.496 e. The summed E-state index contributed by atoms with van der Waals surface area (Å²) < 4.78 is 6.54. The molecule has 6 heteroatoms. The van der Waals surface area contributed by atoms with Gasteiger partial charge in [0.2, 0.25) is 0 Å². The first-order valence-corrected chi connectivity index (χ1v) is 10.7. The zero-order valence-electron chi connectivity index (χ0n) is 17.1. The van der Waals surface area contributed by atoms with Crippen molar-refractivity contribution in [2.24, 2.45) is 0 Å². The van der Waals surface area contributed by atoms with E-state index in [1.54, 1.807) is 25.3 Å². The highest BCUT2D eigenvalue weighted by Gasteiger charge is 2.15. The van der Waals surface area contributed by atoms with Gasteiger partial charge in [-0.25, -0.2) is 0 Å². The van der Waals surface area contributed by atoms with Crippen LogP contribution in [0.3, 0.4) is 0 Å². The van der Waals surface area contributed by atoms with Gasteiger partial charge in [0.1, 0.15) is 17.4 Å². The molecule has 0 bridgehead atoms. The van der Waals surface area contributed by atoms with E-state index in [-0.39, 0.29) is 5.57 Å². The first-order valence-electron chi connectivity index (χ1n) is 9.51. The van der Waals surface area contributed by atoms with Crippen LogP contribution in [0, 0.1) is 18.3 Å². The third-order valence-electron chi connectivity index (χ3n) is 4.79. The molecule has 3 aromatic rings. The molecule has 0 heterocycles. The van der Waals surface area contributed by atoms with Crippen molar-refractivity contribution in [2.45, 2.75) is 13.3 Å². The van der Waals surface area contributed by atoms with Crippen LogP contribution in [0.15, 0.2) is 70.7 Å². The normalized spacial score (nSPS) is 11.0. The highest BCUT2D eigenvalue weighted by atomic mass is 79.9. The first-order chi connectivity index (χ1) is 14.9. The van der Waals surface area contributed by atoms with E-state index in [1.165, 1.54) is 6.08 Å². The van der Waals surface area contributed by atoms with Gasteiger partial charge >= 0.3 is 0 Å². The Labute approximate surface area is 195 Å². The van der Waals surface area contributed by atoms with E-state index in [0.717, 1.165) is 21.2 Å². The molecule has 0 aliphatic carbocycles. The van der Waals surface area contributed by atoms with Gasteiger partial charge in [-0.3, -0.25) is 4.79 Å². The number of rotatable bonds is 6. The Morgan fingerprint density at radius 3 is 2.58 bits per heavy atom. The Morgan fingerprint density at radius 1 is 1.19 bits per heavy atom. The number of para-hydroxylation sites is 1. The Bertz CT molecular complexity index is 1200. The van der Waals surface area contributed by atoms with E-state index >= 15 is 0 Å². The molecule has 3 rings (SSSR count). The van der Waals surface area contributed by atoms with Crippen molar-refractivity contribution >= 4 is 45.2 Å². The smallest absolute Gasteiger partial charge is 0.266 e. The maximum absolute atomic E-state index is 12.6. The van der Waals surface area contributed by atoms with E-state index in [4.69, 9.17) is 16.3 Å². The lowest BCUT2D eigenvalue weighted by Gasteiger charge is -2.13. The fourth-order valence-corrected chi connectivity index (χ4v) is 3.83. The molecule has 0 aromatic heterocycles. The molecule has 0 atom stereocenters. The number of ether oxygens (including phenoxy) is 1. The molecule has 0 radical (unpaired) electrons. The number of anilines is 1. The van der Waals surface area contributed by atoms with Crippen molar-refractivity contribution in [3.63, 3.8) is 0 Å². The molecule has 1 N–H and O–H groups in total. The Balaban J connectivity index is 1.91. The van der Waals surface area contributed by atoms with Crippen molar-refractivity contribution < 1.29 is 9.53 Å². The predicted octanol–water partition coefficient (Wildman–Crippen LogP) is 6.56. The molecule has 156 valence electrons. The number of aryl methyl sites for hydroxylation is 1. The van der Waals surface area contributed by atoms with Crippen LogP contribution in [0.5, 0.6) is 5.75 Å². The molecule has 4 nitrogen and oxygen atoms in total. The fourth-order valence-electron chi connectivity index (χ4n) is 3.12. The summed E-state index contributed by atoms with van der Waals surface area (Å²) in [4.78, 5) is 12.6. The standard InChI is InChI=1S/C25H20BrClN2O2/c1-16-7-3-6-10-23(16)29-25(30)19(15-28)11-17-12-22(27)20(24(13-17)31-2)14-18-8-4-5-9-21(18)26/h3-13H,14H2,1-2H3,(H,29,30)/b19-11+. The number of nitrogens with zero attached hydrogens (tertiary/aromatic N) is 1. The number of halogens is 2. The SMILES string of the molecule is COc1cc(/C=C(\C#N)C(=O)Nc2ccccc2C)cc(Cl)c1Cc1ccccc1Br.